The Morgan fingerprint density at radius 1 is 1.21 bits per heavy atom. The molecule has 1 fully saturated rings. The molecule has 34 heavy (non-hydrogen) atoms. The number of carbonyl (C=O) groups is 3. The maximum Gasteiger partial charge on any atom is 0.263 e. The van der Waals surface area contributed by atoms with Gasteiger partial charge < -0.3 is 9.80 Å². The Morgan fingerprint density at radius 2 is 1.91 bits per heavy atom. The quantitative estimate of drug-likeness (QED) is 0.466. The number of piperidine rings is 1. The van der Waals surface area contributed by atoms with Gasteiger partial charge in [0.15, 0.2) is 0 Å². The van der Waals surface area contributed by atoms with Gasteiger partial charge in [-0.1, -0.05) is 18.2 Å². The molecule has 0 radical (unpaired) electrons. The lowest BCUT2D eigenvalue weighted by Gasteiger charge is -2.36. The standard InChI is InChI=1S/C26H33N5O3/c1-6-29(14-17(2)3)24(32)19-10-12-30(13-11-19)22-9-7-8-21-23(22)26(34)31(25(21)33)16-20-15-28(5)27-18(20)4/h7-9,15,19H,2,6,10-14,16H2,1,3-5H3. The summed E-state index contributed by atoms with van der Waals surface area (Å²) in [7, 11) is 1.82. The third-order valence-electron chi connectivity index (χ3n) is 6.76. The van der Waals surface area contributed by atoms with Gasteiger partial charge in [-0.3, -0.25) is 24.0 Å². The van der Waals surface area contributed by atoms with E-state index in [0.29, 0.717) is 37.3 Å². The summed E-state index contributed by atoms with van der Waals surface area (Å²) >= 11 is 0. The highest BCUT2D eigenvalue weighted by Gasteiger charge is 2.39. The number of hydrogen-bond acceptors (Lipinski definition) is 5. The fraction of sp³-hybridized carbons (Fsp3) is 0.462. The summed E-state index contributed by atoms with van der Waals surface area (Å²) in [5.41, 5.74) is 4.33. The normalized spacial score (nSPS) is 16.2. The highest BCUT2D eigenvalue weighted by atomic mass is 16.2. The zero-order chi connectivity index (χ0) is 24.6. The predicted octanol–water partition coefficient (Wildman–Crippen LogP) is 3.17. The largest absolute Gasteiger partial charge is 0.371 e. The number of anilines is 1. The van der Waals surface area contributed by atoms with Crippen LogP contribution in [0.5, 0.6) is 0 Å². The van der Waals surface area contributed by atoms with Crippen LogP contribution in [0, 0.1) is 12.8 Å². The minimum atomic E-state index is -0.270. The number of hydrogen-bond donors (Lipinski definition) is 0. The van der Waals surface area contributed by atoms with Gasteiger partial charge in [0, 0.05) is 50.9 Å². The van der Waals surface area contributed by atoms with Crippen LogP contribution in [0.3, 0.4) is 0 Å². The summed E-state index contributed by atoms with van der Waals surface area (Å²) < 4.78 is 1.69. The first kappa shape index (κ1) is 23.7. The summed E-state index contributed by atoms with van der Waals surface area (Å²) in [6.07, 6.45) is 3.28. The van der Waals surface area contributed by atoms with Gasteiger partial charge in [0.05, 0.1) is 29.1 Å². The molecular weight excluding hydrogens is 430 g/mol. The molecule has 0 N–H and O–H groups in total. The summed E-state index contributed by atoms with van der Waals surface area (Å²) in [6.45, 7) is 12.5. The van der Waals surface area contributed by atoms with Gasteiger partial charge in [-0.25, -0.2) is 0 Å². The fourth-order valence-electron chi connectivity index (χ4n) is 4.99. The van der Waals surface area contributed by atoms with E-state index < -0.39 is 0 Å². The lowest BCUT2D eigenvalue weighted by molar-refractivity contribution is -0.135. The zero-order valence-electron chi connectivity index (χ0n) is 20.5. The zero-order valence-corrected chi connectivity index (χ0v) is 20.5. The van der Waals surface area contributed by atoms with E-state index in [4.69, 9.17) is 0 Å². The summed E-state index contributed by atoms with van der Waals surface area (Å²) in [5.74, 6) is -0.397. The molecule has 8 heteroatoms. The number of fused-ring (bicyclic) bond motifs is 1. The Hall–Kier alpha value is -3.42. The minimum absolute atomic E-state index is 0.0327. The molecule has 0 atom stereocenters. The van der Waals surface area contributed by atoms with E-state index in [0.717, 1.165) is 35.4 Å². The van der Waals surface area contributed by atoms with Crippen molar-refractivity contribution in [3.63, 3.8) is 0 Å². The maximum atomic E-state index is 13.4. The van der Waals surface area contributed by atoms with Gasteiger partial charge in [-0.2, -0.15) is 5.10 Å². The van der Waals surface area contributed by atoms with Crippen molar-refractivity contribution in [1.29, 1.82) is 0 Å². The van der Waals surface area contributed by atoms with E-state index in [1.165, 1.54) is 4.90 Å². The molecule has 3 amide bonds. The van der Waals surface area contributed by atoms with Crippen molar-refractivity contribution in [2.45, 2.75) is 40.2 Å². The first-order valence-electron chi connectivity index (χ1n) is 11.9. The molecule has 1 saturated heterocycles. The van der Waals surface area contributed by atoms with Crippen LogP contribution in [0.2, 0.25) is 0 Å². The van der Waals surface area contributed by atoms with E-state index in [9.17, 15) is 14.4 Å². The first-order valence-corrected chi connectivity index (χ1v) is 11.9. The molecule has 3 heterocycles. The molecule has 2 aliphatic rings. The number of nitrogens with zero attached hydrogens (tertiary/aromatic N) is 5. The third-order valence-corrected chi connectivity index (χ3v) is 6.76. The predicted molar refractivity (Wildman–Crippen MR) is 131 cm³/mol. The van der Waals surface area contributed by atoms with Crippen LogP contribution < -0.4 is 4.90 Å². The lowest BCUT2D eigenvalue weighted by atomic mass is 9.94. The average Bonchev–Trinajstić information content (AvgIpc) is 3.27. The van der Waals surface area contributed by atoms with E-state index in [-0.39, 0.29) is 30.2 Å². The molecule has 8 nitrogen and oxygen atoms in total. The summed E-state index contributed by atoms with van der Waals surface area (Å²) in [5, 5.41) is 4.32. The van der Waals surface area contributed by atoms with Gasteiger partial charge in [-0.05, 0) is 45.7 Å². The number of benzene rings is 1. The van der Waals surface area contributed by atoms with Crippen LogP contribution in [0.1, 0.15) is 58.7 Å². The molecule has 1 aromatic carbocycles. The highest BCUT2D eigenvalue weighted by Crippen LogP contribution is 2.35. The smallest absolute Gasteiger partial charge is 0.263 e. The fourth-order valence-corrected chi connectivity index (χ4v) is 4.99. The van der Waals surface area contributed by atoms with Gasteiger partial charge in [0.2, 0.25) is 5.91 Å². The molecule has 1 aromatic heterocycles. The van der Waals surface area contributed by atoms with Crippen molar-refractivity contribution >= 4 is 23.4 Å². The average molecular weight is 464 g/mol. The van der Waals surface area contributed by atoms with E-state index in [1.807, 2.05) is 51.0 Å². The van der Waals surface area contributed by atoms with Crippen LogP contribution in [0.15, 0.2) is 36.5 Å². The third kappa shape index (κ3) is 4.36. The van der Waals surface area contributed by atoms with Crippen LogP contribution in [-0.2, 0) is 18.4 Å². The minimum Gasteiger partial charge on any atom is -0.371 e. The summed E-state index contributed by atoms with van der Waals surface area (Å²) in [6, 6.07) is 5.47. The second kappa shape index (κ2) is 9.44. The lowest BCUT2D eigenvalue weighted by Crippen LogP contribution is -2.43. The van der Waals surface area contributed by atoms with E-state index in [2.05, 4.69) is 16.6 Å². The van der Waals surface area contributed by atoms with Crippen LogP contribution in [-0.4, -0.2) is 63.5 Å². The molecule has 0 aliphatic carbocycles. The molecular formula is C26H33N5O3. The number of amides is 3. The molecule has 2 aromatic rings. The van der Waals surface area contributed by atoms with Crippen LogP contribution in [0.25, 0.3) is 0 Å². The van der Waals surface area contributed by atoms with Crippen molar-refractivity contribution in [2.75, 3.05) is 31.1 Å². The number of aryl methyl sites for hydroxylation is 2. The molecule has 0 bridgehead atoms. The van der Waals surface area contributed by atoms with Gasteiger partial charge in [-0.15, -0.1) is 0 Å². The van der Waals surface area contributed by atoms with Crippen LogP contribution >= 0.6 is 0 Å². The maximum absolute atomic E-state index is 13.4. The number of carbonyl (C=O) groups excluding carboxylic acids is 3. The second-order valence-corrected chi connectivity index (χ2v) is 9.38. The Kier molecular flexibility index (Phi) is 6.59. The molecule has 180 valence electrons. The van der Waals surface area contributed by atoms with Gasteiger partial charge >= 0.3 is 0 Å². The van der Waals surface area contributed by atoms with Crippen molar-refractivity contribution < 1.29 is 14.4 Å². The Balaban J connectivity index is 1.50. The van der Waals surface area contributed by atoms with Crippen LogP contribution in [0.4, 0.5) is 5.69 Å². The summed E-state index contributed by atoms with van der Waals surface area (Å²) in [4.78, 5) is 44.8. The topological polar surface area (TPSA) is 78.8 Å². The first-order chi connectivity index (χ1) is 16.2. The van der Waals surface area contributed by atoms with E-state index in [1.54, 1.807) is 10.7 Å². The number of aromatic nitrogens is 2. The molecule has 4 rings (SSSR count). The van der Waals surface area contributed by atoms with Gasteiger partial charge in [0.25, 0.3) is 11.8 Å². The second-order valence-electron chi connectivity index (χ2n) is 9.38. The molecule has 0 saturated carbocycles. The van der Waals surface area contributed by atoms with Crippen molar-refractivity contribution in [2.24, 2.45) is 13.0 Å². The van der Waals surface area contributed by atoms with Crippen molar-refractivity contribution in [3.8, 4) is 0 Å². The van der Waals surface area contributed by atoms with Gasteiger partial charge in [0.1, 0.15) is 0 Å². The van der Waals surface area contributed by atoms with Crippen molar-refractivity contribution in [3.05, 3.63) is 58.9 Å². The Morgan fingerprint density at radius 3 is 2.50 bits per heavy atom. The SMILES string of the molecule is C=C(C)CN(CC)C(=O)C1CCN(c2cccc3c2C(=O)N(Cc2cn(C)nc2C)C3=O)CC1. The highest BCUT2D eigenvalue weighted by molar-refractivity contribution is 6.23. The van der Waals surface area contributed by atoms with Crippen molar-refractivity contribution in [1.82, 2.24) is 19.6 Å². The molecule has 0 spiro atoms. The number of likely N-dealkylation sites (N-methyl/N-ethyl adjacent to an activating group) is 1. The number of imide groups is 1. The number of rotatable bonds is 7. The van der Waals surface area contributed by atoms with E-state index >= 15 is 0 Å². The Bertz CT molecular complexity index is 1140. The monoisotopic (exact) mass is 463 g/mol. The Labute approximate surface area is 200 Å². The molecule has 2 aliphatic heterocycles. The molecule has 0 unspecified atom stereocenters.